The maximum absolute atomic E-state index is 12.9. The van der Waals surface area contributed by atoms with E-state index in [1.54, 1.807) is 6.07 Å². The van der Waals surface area contributed by atoms with E-state index in [-0.39, 0.29) is 11.5 Å². The fourth-order valence-corrected chi connectivity index (χ4v) is 4.72. The van der Waals surface area contributed by atoms with Crippen molar-refractivity contribution in [1.82, 2.24) is 19.9 Å². The molecule has 2 aliphatic heterocycles. The molecule has 0 atom stereocenters. The number of amides is 1. The number of nitrogens with one attached hydrogen (secondary N) is 1. The normalized spacial score (nSPS) is 18.4. The summed E-state index contributed by atoms with van der Waals surface area (Å²) in [5.74, 6) is 0.617. The number of carbonyl (C=O) groups is 1. The summed E-state index contributed by atoms with van der Waals surface area (Å²) in [6.07, 6.45) is 2.52. The van der Waals surface area contributed by atoms with Gasteiger partial charge in [0.25, 0.3) is 5.91 Å². The van der Waals surface area contributed by atoms with Crippen molar-refractivity contribution >= 4 is 16.8 Å². The molecule has 0 saturated carbocycles. The van der Waals surface area contributed by atoms with Crippen LogP contribution in [-0.4, -0.2) is 45.5 Å². The number of aromatic nitrogens is 3. The van der Waals surface area contributed by atoms with Gasteiger partial charge in [0.1, 0.15) is 17.1 Å². The van der Waals surface area contributed by atoms with Crippen molar-refractivity contribution in [3.63, 3.8) is 0 Å². The Labute approximate surface area is 163 Å². The molecule has 2 aliphatic rings. The highest BCUT2D eigenvalue weighted by molar-refractivity contribution is 5.92. The Bertz CT molecular complexity index is 1040. The number of piperidine rings is 1. The number of carbonyl (C=O) groups excluding carboxylic acids is 1. The topological polar surface area (TPSA) is 71.1 Å². The van der Waals surface area contributed by atoms with Gasteiger partial charge in [0, 0.05) is 29.7 Å². The van der Waals surface area contributed by atoms with Crippen LogP contribution in [0.5, 0.6) is 0 Å². The van der Waals surface area contributed by atoms with Gasteiger partial charge in [0.15, 0.2) is 0 Å². The maximum atomic E-state index is 12.9. The molecule has 1 fully saturated rings. The lowest BCUT2D eigenvalue weighted by Crippen LogP contribution is -2.48. The quantitative estimate of drug-likeness (QED) is 0.708. The monoisotopic (exact) mass is 376 g/mol. The van der Waals surface area contributed by atoms with E-state index in [1.165, 1.54) is 22.2 Å². The van der Waals surface area contributed by atoms with Gasteiger partial charge < -0.3 is 14.6 Å². The Morgan fingerprint density at radius 3 is 2.75 bits per heavy atom. The number of aromatic amines is 1. The molecule has 144 valence electrons. The number of fused-ring (bicyclic) bond motifs is 4. The van der Waals surface area contributed by atoms with Crippen LogP contribution in [0, 0.1) is 13.8 Å². The number of nitrogens with zero attached hydrogens (tertiary/aromatic N) is 3. The van der Waals surface area contributed by atoms with Gasteiger partial charge in [0.2, 0.25) is 0 Å². The molecule has 6 heteroatoms. The van der Waals surface area contributed by atoms with Gasteiger partial charge in [-0.2, -0.15) is 0 Å². The summed E-state index contributed by atoms with van der Waals surface area (Å²) < 4.78 is 6.34. The lowest BCUT2D eigenvalue weighted by Gasteiger charge is -2.43. The van der Waals surface area contributed by atoms with Gasteiger partial charge in [-0.1, -0.05) is 18.2 Å². The fourth-order valence-electron chi connectivity index (χ4n) is 4.72. The SMILES string of the molecule is Cc1cc(C(=O)N2CCC3(CC2)OCCc2c3[nH]c3ccccc23)nc(C)n1. The van der Waals surface area contributed by atoms with Crippen molar-refractivity contribution < 1.29 is 9.53 Å². The molecule has 2 aromatic heterocycles. The van der Waals surface area contributed by atoms with Crippen LogP contribution in [0.1, 0.15) is 46.1 Å². The van der Waals surface area contributed by atoms with E-state index in [0.29, 0.717) is 24.6 Å². The second-order valence-electron chi connectivity index (χ2n) is 7.85. The number of rotatable bonds is 1. The molecule has 0 bridgehead atoms. The number of hydrogen-bond acceptors (Lipinski definition) is 4. The smallest absolute Gasteiger partial charge is 0.272 e. The zero-order chi connectivity index (χ0) is 19.3. The van der Waals surface area contributed by atoms with Gasteiger partial charge in [-0.3, -0.25) is 4.79 Å². The first-order chi connectivity index (χ1) is 13.6. The first-order valence-corrected chi connectivity index (χ1v) is 9.91. The van der Waals surface area contributed by atoms with E-state index in [0.717, 1.165) is 31.6 Å². The van der Waals surface area contributed by atoms with Crippen molar-refractivity contribution in [1.29, 1.82) is 0 Å². The molecular weight excluding hydrogens is 352 g/mol. The minimum atomic E-state index is -0.319. The summed E-state index contributed by atoms with van der Waals surface area (Å²) in [7, 11) is 0. The van der Waals surface area contributed by atoms with Gasteiger partial charge >= 0.3 is 0 Å². The van der Waals surface area contributed by atoms with Gasteiger partial charge in [-0.15, -0.1) is 0 Å². The fraction of sp³-hybridized carbons (Fsp3) is 0.409. The molecule has 1 N–H and O–H groups in total. The van der Waals surface area contributed by atoms with Crippen LogP contribution in [0.2, 0.25) is 0 Å². The number of likely N-dealkylation sites (tertiary alicyclic amines) is 1. The molecule has 1 amide bonds. The Hall–Kier alpha value is -2.73. The van der Waals surface area contributed by atoms with Crippen LogP contribution in [0.4, 0.5) is 0 Å². The van der Waals surface area contributed by atoms with E-state index in [9.17, 15) is 4.79 Å². The van der Waals surface area contributed by atoms with Crippen LogP contribution in [0.15, 0.2) is 30.3 Å². The largest absolute Gasteiger partial charge is 0.368 e. The van der Waals surface area contributed by atoms with Crippen LogP contribution in [0.25, 0.3) is 10.9 Å². The summed E-state index contributed by atoms with van der Waals surface area (Å²) in [5.41, 5.74) is 4.74. The predicted molar refractivity (Wildman–Crippen MR) is 106 cm³/mol. The lowest BCUT2D eigenvalue weighted by atomic mass is 9.83. The van der Waals surface area contributed by atoms with Gasteiger partial charge in [0.05, 0.1) is 12.3 Å². The van der Waals surface area contributed by atoms with E-state index in [4.69, 9.17) is 4.74 Å². The molecule has 6 nitrogen and oxygen atoms in total. The van der Waals surface area contributed by atoms with Gasteiger partial charge in [-0.25, -0.2) is 9.97 Å². The molecule has 1 aromatic carbocycles. The molecule has 0 aliphatic carbocycles. The molecule has 1 saturated heterocycles. The highest BCUT2D eigenvalue weighted by atomic mass is 16.5. The van der Waals surface area contributed by atoms with Crippen molar-refractivity contribution in [2.45, 2.75) is 38.7 Å². The molecule has 3 aromatic rings. The lowest BCUT2D eigenvalue weighted by molar-refractivity contribution is -0.0957. The highest BCUT2D eigenvalue weighted by Crippen LogP contribution is 2.43. The van der Waals surface area contributed by atoms with E-state index >= 15 is 0 Å². The Morgan fingerprint density at radius 2 is 1.96 bits per heavy atom. The third-order valence-electron chi connectivity index (χ3n) is 6.04. The molecular formula is C22H24N4O2. The highest BCUT2D eigenvalue weighted by Gasteiger charge is 2.43. The molecule has 4 heterocycles. The third kappa shape index (κ3) is 2.71. The molecule has 0 radical (unpaired) electrons. The standard InChI is InChI=1S/C22H24N4O2/c1-14-13-19(24-15(2)23-14)21(27)26-10-8-22(9-11-26)20-17(7-12-28-22)16-5-3-4-6-18(16)25-20/h3-6,13,25H,7-12H2,1-2H3. The van der Waals surface area contributed by atoms with Crippen molar-refractivity contribution in [3.05, 3.63) is 58.8 Å². The van der Waals surface area contributed by atoms with Gasteiger partial charge in [-0.05, 0) is 50.8 Å². The summed E-state index contributed by atoms with van der Waals surface area (Å²) in [6.45, 7) is 5.77. The number of ether oxygens (including phenoxy) is 1. The average Bonchev–Trinajstić information content (AvgIpc) is 3.08. The van der Waals surface area contributed by atoms with Crippen LogP contribution < -0.4 is 0 Å². The van der Waals surface area contributed by atoms with Crippen molar-refractivity contribution in [2.24, 2.45) is 0 Å². The van der Waals surface area contributed by atoms with Crippen molar-refractivity contribution in [2.75, 3.05) is 19.7 Å². The zero-order valence-electron chi connectivity index (χ0n) is 16.3. The second kappa shape index (κ2) is 6.41. The number of H-pyrrole nitrogens is 1. The average molecular weight is 376 g/mol. The van der Waals surface area contributed by atoms with E-state index < -0.39 is 0 Å². The second-order valence-corrected chi connectivity index (χ2v) is 7.85. The number of hydrogen-bond donors (Lipinski definition) is 1. The molecule has 5 rings (SSSR count). The molecule has 1 spiro atoms. The van der Waals surface area contributed by atoms with Crippen LogP contribution >= 0.6 is 0 Å². The summed E-state index contributed by atoms with van der Waals surface area (Å²) in [4.78, 5) is 27.1. The Balaban J connectivity index is 1.41. The summed E-state index contributed by atoms with van der Waals surface area (Å²) in [6, 6.07) is 10.2. The Kier molecular flexibility index (Phi) is 3.98. The minimum Gasteiger partial charge on any atom is -0.368 e. The van der Waals surface area contributed by atoms with Crippen LogP contribution in [0.3, 0.4) is 0 Å². The van der Waals surface area contributed by atoms with Crippen LogP contribution in [-0.2, 0) is 16.8 Å². The maximum Gasteiger partial charge on any atom is 0.272 e. The minimum absolute atomic E-state index is 0.0175. The zero-order valence-corrected chi connectivity index (χ0v) is 16.3. The Morgan fingerprint density at radius 1 is 1.18 bits per heavy atom. The van der Waals surface area contributed by atoms with E-state index in [2.05, 4.69) is 39.2 Å². The predicted octanol–water partition coefficient (Wildman–Crippen LogP) is 3.28. The number of para-hydroxylation sites is 1. The molecule has 28 heavy (non-hydrogen) atoms. The first-order valence-electron chi connectivity index (χ1n) is 9.91. The number of aryl methyl sites for hydroxylation is 2. The summed E-state index contributed by atoms with van der Waals surface area (Å²) in [5, 5.41) is 1.30. The third-order valence-corrected chi connectivity index (χ3v) is 6.04. The van der Waals surface area contributed by atoms with E-state index in [1.807, 2.05) is 18.7 Å². The summed E-state index contributed by atoms with van der Waals surface area (Å²) >= 11 is 0. The van der Waals surface area contributed by atoms with Crippen molar-refractivity contribution in [3.8, 4) is 0 Å². The first kappa shape index (κ1) is 17.4. The number of benzene rings is 1. The molecule has 0 unspecified atom stereocenters.